The van der Waals surface area contributed by atoms with Crippen molar-refractivity contribution in [2.24, 2.45) is 0 Å². The molecule has 0 amide bonds. The van der Waals surface area contributed by atoms with Gasteiger partial charge in [0.05, 0.1) is 5.56 Å². The molecule has 2 aromatic carbocycles. The highest BCUT2D eigenvalue weighted by Gasteiger charge is 2.17. The lowest BCUT2D eigenvalue weighted by molar-refractivity contribution is 0.436. The predicted molar refractivity (Wildman–Crippen MR) is 76.8 cm³/mol. The number of nitrogen functional groups attached to an aromatic ring is 1. The van der Waals surface area contributed by atoms with Crippen molar-refractivity contribution < 1.29 is 4.52 Å². The molecule has 1 heterocycles. The molecule has 0 aliphatic carbocycles. The monoisotopic (exact) mass is 270 g/mol. The maximum absolute atomic E-state index is 6.02. The van der Waals surface area contributed by atoms with Gasteiger partial charge in [-0.05, 0) is 17.7 Å². The molecule has 3 nitrogen and oxygen atoms in total. The average molecular weight is 271 g/mol. The fourth-order valence-electron chi connectivity index (χ4n) is 2.01. The Morgan fingerprint density at radius 1 is 0.947 bits per heavy atom. The molecule has 0 unspecified atom stereocenters. The van der Waals surface area contributed by atoms with E-state index < -0.39 is 0 Å². The molecule has 0 aliphatic heterocycles. The standard InChI is InChI=1S/C15H11ClN2O/c16-12-8-4-7-11(9-12)13-14(19-18-15(13)17)10-5-2-1-3-6-10/h1-9H,(H2,17,18). The van der Waals surface area contributed by atoms with Gasteiger partial charge in [-0.25, -0.2) is 0 Å². The summed E-state index contributed by atoms with van der Waals surface area (Å²) in [6.07, 6.45) is 0. The normalized spacial score (nSPS) is 10.6. The van der Waals surface area contributed by atoms with E-state index in [4.69, 9.17) is 21.9 Å². The van der Waals surface area contributed by atoms with Gasteiger partial charge in [-0.2, -0.15) is 0 Å². The van der Waals surface area contributed by atoms with Crippen LogP contribution < -0.4 is 5.73 Å². The van der Waals surface area contributed by atoms with E-state index in [9.17, 15) is 0 Å². The van der Waals surface area contributed by atoms with Crippen molar-refractivity contribution in [1.82, 2.24) is 5.16 Å². The Balaban J connectivity index is 2.20. The maximum Gasteiger partial charge on any atom is 0.176 e. The number of aromatic nitrogens is 1. The van der Waals surface area contributed by atoms with E-state index >= 15 is 0 Å². The Morgan fingerprint density at radius 3 is 2.42 bits per heavy atom. The zero-order valence-corrected chi connectivity index (χ0v) is 10.8. The number of hydrogen-bond acceptors (Lipinski definition) is 3. The van der Waals surface area contributed by atoms with Gasteiger partial charge in [0.1, 0.15) is 0 Å². The van der Waals surface area contributed by atoms with Crippen molar-refractivity contribution in [3.63, 3.8) is 0 Å². The van der Waals surface area contributed by atoms with Crippen LogP contribution in [0.5, 0.6) is 0 Å². The van der Waals surface area contributed by atoms with E-state index in [1.807, 2.05) is 54.6 Å². The van der Waals surface area contributed by atoms with Gasteiger partial charge in [0.25, 0.3) is 0 Å². The summed E-state index contributed by atoms with van der Waals surface area (Å²) in [6.45, 7) is 0. The van der Waals surface area contributed by atoms with Crippen LogP contribution in [0.1, 0.15) is 0 Å². The van der Waals surface area contributed by atoms with Gasteiger partial charge in [-0.15, -0.1) is 0 Å². The molecule has 0 atom stereocenters. The molecule has 94 valence electrons. The third-order valence-electron chi connectivity index (χ3n) is 2.87. The zero-order chi connectivity index (χ0) is 13.2. The smallest absolute Gasteiger partial charge is 0.176 e. The number of hydrogen-bond donors (Lipinski definition) is 1. The lowest BCUT2D eigenvalue weighted by atomic mass is 10.0. The Hall–Kier alpha value is -2.26. The van der Waals surface area contributed by atoms with E-state index in [0.29, 0.717) is 16.6 Å². The third kappa shape index (κ3) is 2.20. The molecule has 1 aromatic heterocycles. The lowest BCUT2D eigenvalue weighted by Gasteiger charge is -2.03. The van der Waals surface area contributed by atoms with Gasteiger partial charge in [0, 0.05) is 10.6 Å². The van der Waals surface area contributed by atoms with Gasteiger partial charge >= 0.3 is 0 Å². The van der Waals surface area contributed by atoms with E-state index in [1.54, 1.807) is 0 Å². The van der Waals surface area contributed by atoms with Crippen LogP contribution >= 0.6 is 11.6 Å². The van der Waals surface area contributed by atoms with Crippen molar-refractivity contribution in [1.29, 1.82) is 0 Å². The molecule has 0 aliphatic rings. The second kappa shape index (κ2) is 4.78. The minimum Gasteiger partial charge on any atom is -0.380 e. The summed E-state index contributed by atoms with van der Waals surface area (Å²) in [6, 6.07) is 17.2. The third-order valence-corrected chi connectivity index (χ3v) is 3.10. The molecule has 19 heavy (non-hydrogen) atoms. The van der Waals surface area contributed by atoms with Crippen molar-refractivity contribution in [3.05, 3.63) is 59.6 Å². The molecule has 3 aromatic rings. The SMILES string of the molecule is Nc1noc(-c2ccccc2)c1-c1cccc(Cl)c1. The number of rotatable bonds is 2. The van der Waals surface area contributed by atoms with E-state index in [0.717, 1.165) is 16.7 Å². The van der Waals surface area contributed by atoms with Crippen LogP contribution in [-0.2, 0) is 0 Å². The van der Waals surface area contributed by atoms with Crippen LogP contribution in [0.15, 0.2) is 59.1 Å². The first-order chi connectivity index (χ1) is 9.25. The van der Waals surface area contributed by atoms with Crippen LogP contribution in [0, 0.1) is 0 Å². The van der Waals surface area contributed by atoms with Gasteiger partial charge in [0.2, 0.25) is 0 Å². The highest BCUT2D eigenvalue weighted by Crippen LogP contribution is 2.37. The van der Waals surface area contributed by atoms with Crippen LogP contribution in [-0.4, -0.2) is 5.16 Å². The van der Waals surface area contributed by atoms with Crippen molar-refractivity contribution in [2.75, 3.05) is 5.73 Å². The zero-order valence-electron chi connectivity index (χ0n) is 10.0. The number of nitrogens with zero attached hydrogens (tertiary/aromatic N) is 1. The molecule has 0 bridgehead atoms. The molecule has 4 heteroatoms. The van der Waals surface area contributed by atoms with Gasteiger partial charge in [-0.3, -0.25) is 0 Å². The molecule has 3 rings (SSSR count). The van der Waals surface area contributed by atoms with Gasteiger partial charge < -0.3 is 10.3 Å². The summed E-state index contributed by atoms with van der Waals surface area (Å²) in [4.78, 5) is 0. The molecule has 0 spiro atoms. The largest absolute Gasteiger partial charge is 0.380 e. The number of nitrogens with two attached hydrogens (primary N) is 1. The molecule has 0 saturated heterocycles. The van der Waals surface area contributed by atoms with Gasteiger partial charge in [-0.1, -0.05) is 59.2 Å². The average Bonchev–Trinajstić information content (AvgIpc) is 2.82. The van der Waals surface area contributed by atoms with Crippen LogP contribution in [0.2, 0.25) is 5.02 Å². The maximum atomic E-state index is 6.02. The number of anilines is 1. The first-order valence-electron chi connectivity index (χ1n) is 5.82. The fourth-order valence-corrected chi connectivity index (χ4v) is 2.20. The van der Waals surface area contributed by atoms with Gasteiger partial charge in [0.15, 0.2) is 11.6 Å². The van der Waals surface area contributed by atoms with E-state index in [2.05, 4.69) is 5.16 Å². The molecular formula is C15H11ClN2O. The van der Waals surface area contributed by atoms with E-state index in [1.165, 1.54) is 0 Å². The first-order valence-corrected chi connectivity index (χ1v) is 6.20. The molecule has 0 saturated carbocycles. The minimum atomic E-state index is 0.362. The number of halogens is 1. The molecular weight excluding hydrogens is 260 g/mol. The van der Waals surface area contributed by atoms with Crippen LogP contribution in [0.4, 0.5) is 5.82 Å². The Morgan fingerprint density at radius 2 is 1.68 bits per heavy atom. The molecule has 2 N–H and O–H groups in total. The number of benzene rings is 2. The highest BCUT2D eigenvalue weighted by atomic mass is 35.5. The Labute approximate surface area is 115 Å². The second-order valence-electron chi connectivity index (χ2n) is 4.15. The Kier molecular flexibility index (Phi) is 2.97. The predicted octanol–water partition coefficient (Wildman–Crippen LogP) is 4.24. The van der Waals surface area contributed by atoms with Crippen LogP contribution in [0.25, 0.3) is 22.5 Å². The van der Waals surface area contributed by atoms with Crippen molar-refractivity contribution in [3.8, 4) is 22.5 Å². The van der Waals surface area contributed by atoms with Crippen molar-refractivity contribution >= 4 is 17.4 Å². The van der Waals surface area contributed by atoms with Crippen LogP contribution in [0.3, 0.4) is 0 Å². The quantitative estimate of drug-likeness (QED) is 0.757. The topological polar surface area (TPSA) is 52.0 Å². The second-order valence-corrected chi connectivity index (χ2v) is 4.58. The van der Waals surface area contributed by atoms with Crippen molar-refractivity contribution in [2.45, 2.75) is 0 Å². The molecule has 0 fully saturated rings. The molecule has 0 radical (unpaired) electrons. The minimum absolute atomic E-state index is 0.362. The summed E-state index contributed by atoms with van der Waals surface area (Å²) in [7, 11) is 0. The first kappa shape index (κ1) is 11.8. The summed E-state index contributed by atoms with van der Waals surface area (Å²) in [5, 5.41) is 4.51. The Bertz CT molecular complexity index is 707. The summed E-state index contributed by atoms with van der Waals surface area (Å²) in [5.41, 5.74) is 8.51. The summed E-state index contributed by atoms with van der Waals surface area (Å²) >= 11 is 6.02. The summed E-state index contributed by atoms with van der Waals surface area (Å²) < 4.78 is 5.36. The van der Waals surface area contributed by atoms with E-state index in [-0.39, 0.29) is 0 Å². The fraction of sp³-hybridized carbons (Fsp3) is 0. The lowest BCUT2D eigenvalue weighted by Crippen LogP contribution is -1.88. The summed E-state index contributed by atoms with van der Waals surface area (Å²) in [5.74, 6) is 1.02. The highest BCUT2D eigenvalue weighted by molar-refractivity contribution is 6.30.